The summed E-state index contributed by atoms with van der Waals surface area (Å²) in [7, 11) is 2.65. The highest BCUT2D eigenvalue weighted by Gasteiger charge is 2.36. The second-order valence-corrected chi connectivity index (χ2v) is 6.07. The number of urea groups is 1. The van der Waals surface area contributed by atoms with Crippen LogP contribution in [0.2, 0.25) is 0 Å². The molecular weight excluding hydrogens is 392 g/mol. The van der Waals surface area contributed by atoms with Gasteiger partial charge in [-0.15, -0.1) is 0 Å². The van der Waals surface area contributed by atoms with Gasteiger partial charge in [-0.1, -0.05) is 24.3 Å². The fraction of sp³-hybridized carbons (Fsp3) is 0.143. The SMILES string of the molecule is COC(=O)COc1ccc(/C=C2\C(=O)NC(=O)N(c3ccccc3)C2=O)cc1OC. The molecule has 2 aromatic carbocycles. The van der Waals surface area contributed by atoms with Gasteiger partial charge >= 0.3 is 12.0 Å². The average Bonchev–Trinajstić information content (AvgIpc) is 2.75. The number of hydrogen-bond donors (Lipinski definition) is 1. The third-order valence-corrected chi connectivity index (χ3v) is 4.19. The van der Waals surface area contributed by atoms with E-state index in [9.17, 15) is 19.2 Å². The molecule has 0 aliphatic carbocycles. The van der Waals surface area contributed by atoms with Gasteiger partial charge in [0, 0.05) is 0 Å². The highest BCUT2D eigenvalue weighted by molar-refractivity contribution is 6.39. The van der Waals surface area contributed by atoms with Crippen molar-refractivity contribution in [3.63, 3.8) is 0 Å². The molecule has 0 unspecified atom stereocenters. The predicted molar refractivity (Wildman–Crippen MR) is 106 cm³/mol. The first-order chi connectivity index (χ1) is 14.4. The highest BCUT2D eigenvalue weighted by Crippen LogP contribution is 2.30. The lowest BCUT2D eigenvalue weighted by Crippen LogP contribution is -2.54. The molecular formula is C21H18N2O7. The van der Waals surface area contributed by atoms with E-state index in [-0.39, 0.29) is 23.7 Å². The molecule has 0 spiro atoms. The lowest BCUT2D eigenvalue weighted by atomic mass is 10.1. The summed E-state index contributed by atoms with van der Waals surface area (Å²) in [5.74, 6) is -1.54. The van der Waals surface area contributed by atoms with Gasteiger partial charge in [0.05, 0.1) is 19.9 Å². The Labute approximate surface area is 171 Å². The predicted octanol–water partition coefficient (Wildman–Crippen LogP) is 1.91. The minimum atomic E-state index is -0.822. The van der Waals surface area contributed by atoms with Crippen molar-refractivity contribution in [2.24, 2.45) is 0 Å². The Bertz CT molecular complexity index is 1030. The smallest absolute Gasteiger partial charge is 0.343 e. The summed E-state index contributed by atoms with van der Waals surface area (Å²) >= 11 is 0. The number of para-hydroxylation sites is 1. The van der Waals surface area contributed by atoms with Gasteiger partial charge in [0.25, 0.3) is 11.8 Å². The second-order valence-electron chi connectivity index (χ2n) is 6.07. The molecule has 0 radical (unpaired) electrons. The molecule has 9 nitrogen and oxygen atoms in total. The fourth-order valence-electron chi connectivity index (χ4n) is 2.72. The van der Waals surface area contributed by atoms with Crippen LogP contribution in [-0.2, 0) is 19.1 Å². The summed E-state index contributed by atoms with van der Waals surface area (Å²) in [5, 5.41) is 2.16. The van der Waals surface area contributed by atoms with Crippen molar-refractivity contribution in [2.75, 3.05) is 25.7 Å². The normalized spacial score (nSPS) is 15.1. The lowest BCUT2D eigenvalue weighted by molar-refractivity contribution is -0.143. The van der Waals surface area contributed by atoms with Crippen molar-refractivity contribution in [1.29, 1.82) is 0 Å². The van der Waals surface area contributed by atoms with Crippen LogP contribution >= 0.6 is 0 Å². The van der Waals surface area contributed by atoms with Gasteiger partial charge in [0.1, 0.15) is 5.57 Å². The van der Waals surface area contributed by atoms with Gasteiger partial charge in [-0.2, -0.15) is 0 Å². The molecule has 1 heterocycles. The maximum absolute atomic E-state index is 12.9. The van der Waals surface area contributed by atoms with E-state index in [1.54, 1.807) is 36.4 Å². The summed E-state index contributed by atoms with van der Waals surface area (Å²) in [6, 6.07) is 12.1. The summed E-state index contributed by atoms with van der Waals surface area (Å²) in [4.78, 5) is 49.4. The number of nitrogens with one attached hydrogen (secondary N) is 1. The molecule has 4 amide bonds. The number of benzene rings is 2. The molecule has 1 aliphatic heterocycles. The van der Waals surface area contributed by atoms with Crippen LogP contribution in [-0.4, -0.2) is 44.6 Å². The van der Waals surface area contributed by atoms with Crippen LogP contribution in [0.15, 0.2) is 54.1 Å². The zero-order chi connectivity index (χ0) is 21.7. The monoisotopic (exact) mass is 410 g/mol. The van der Waals surface area contributed by atoms with Crippen LogP contribution in [0.4, 0.5) is 10.5 Å². The van der Waals surface area contributed by atoms with Crippen molar-refractivity contribution < 1.29 is 33.4 Å². The maximum atomic E-state index is 12.9. The molecule has 154 valence electrons. The Kier molecular flexibility index (Phi) is 6.11. The molecule has 1 N–H and O–H groups in total. The summed E-state index contributed by atoms with van der Waals surface area (Å²) in [5.41, 5.74) is 0.574. The van der Waals surface area contributed by atoms with Gasteiger partial charge in [-0.3, -0.25) is 14.9 Å². The van der Waals surface area contributed by atoms with Crippen molar-refractivity contribution in [2.45, 2.75) is 0 Å². The molecule has 0 saturated carbocycles. The Morgan fingerprint density at radius 2 is 1.77 bits per heavy atom. The Morgan fingerprint density at radius 3 is 2.43 bits per heavy atom. The van der Waals surface area contributed by atoms with Crippen LogP contribution in [0.1, 0.15) is 5.56 Å². The number of carbonyl (C=O) groups excluding carboxylic acids is 4. The largest absolute Gasteiger partial charge is 0.493 e. The third-order valence-electron chi connectivity index (χ3n) is 4.19. The molecule has 1 fully saturated rings. The molecule has 3 rings (SSSR count). The van der Waals surface area contributed by atoms with Crippen LogP contribution in [0, 0.1) is 0 Å². The maximum Gasteiger partial charge on any atom is 0.343 e. The topological polar surface area (TPSA) is 111 Å². The number of imide groups is 2. The van der Waals surface area contributed by atoms with Crippen LogP contribution in [0.3, 0.4) is 0 Å². The standard InChI is InChI=1S/C21H18N2O7/c1-28-17-11-13(8-9-16(17)30-12-18(24)29-2)10-15-19(25)22-21(27)23(20(15)26)14-6-4-3-5-7-14/h3-11H,12H2,1-2H3,(H,22,25,27)/b15-10+. The van der Waals surface area contributed by atoms with Crippen LogP contribution in [0.25, 0.3) is 6.08 Å². The lowest BCUT2D eigenvalue weighted by Gasteiger charge is -2.26. The van der Waals surface area contributed by atoms with E-state index in [0.717, 1.165) is 4.90 Å². The molecule has 0 aromatic heterocycles. The molecule has 9 heteroatoms. The number of anilines is 1. The van der Waals surface area contributed by atoms with Gasteiger partial charge in [-0.25, -0.2) is 14.5 Å². The number of nitrogens with zero attached hydrogens (tertiary/aromatic N) is 1. The van der Waals surface area contributed by atoms with Gasteiger partial charge < -0.3 is 14.2 Å². The van der Waals surface area contributed by atoms with Crippen LogP contribution in [0.5, 0.6) is 11.5 Å². The van der Waals surface area contributed by atoms with E-state index in [1.165, 1.54) is 32.4 Å². The van der Waals surface area contributed by atoms with E-state index >= 15 is 0 Å². The fourth-order valence-corrected chi connectivity index (χ4v) is 2.72. The van der Waals surface area contributed by atoms with E-state index < -0.39 is 23.8 Å². The number of rotatable bonds is 6. The summed E-state index contributed by atoms with van der Waals surface area (Å²) in [6.07, 6.45) is 1.34. The number of carbonyl (C=O) groups is 4. The van der Waals surface area contributed by atoms with Crippen molar-refractivity contribution >= 4 is 35.6 Å². The minimum absolute atomic E-state index is 0.219. The van der Waals surface area contributed by atoms with Crippen molar-refractivity contribution in [3.05, 3.63) is 59.7 Å². The van der Waals surface area contributed by atoms with Gasteiger partial charge in [0.15, 0.2) is 18.1 Å². The van der Waals surface area contributed by atoms with Crippen LogP contribution < -0.4 is 19.7 Å². The van der Waals surface area contributed by atoms with Crippen molar-refractivity contribution in [1.82, 2.24) is 5.32 Å². The first kappa shape index (κ1) is 20.6. The van der Waals surface area contributed by atoms with Gasteiger partial charge in [0.2, 0.25) is 0 Å². The molecule has 0 atom stereocenters. The first-order valence-corrected chi connectivity index (χ1v) is 8.78. The Balaban J connectivity index is 1.90. The van der Waals surface area contributed by atoms with Gasteiger partial charge in [-0.05, 0) is 35.9 Å². The zero-order valence-corrected chi connectivity index (χ0v) is 16.2. The number of hydrogen-bond acceptors (Lipinski definition) is 7. The minimum Gasteiger partial charge on any atom is -0.493 e. The second kappa shape index (κ2) is 8.91. The molecule has 1 aliphatic rings. The Morgan fingerprint density at radius 1 is 1.03 bits per heavy atom. The van der Waals surface area contributed by atoms with E-state index in [0.29, 0.717) is 11.3 Å². The Hall–Kier alpha value is -4.14. The number of amides is 4. The molecule has 2 aromatic rings. The number of barbiturate groups is 1. The summed E-state index contributed by atoms with van der Waals surface area (Å²) in [6.45, 7) is -0.303. The number of methoxy groups -OCH3 is 2. The molecule has 30 heavy (non-hydrogen) atoms. The zero-order valence-electron chi connectivity index (χ0n) is 16.2. The number of ether oxygens (including phenoxy) is 3. The summed E-state index contributed by atoms with van der Waals surface area (Å²) < 4.78 is 15.1. The average molecular weight is 410 g/mol. The molecule has 0 bridgehead atoms. The number of esters is 1. The third kappa shape index (κ3) is 4.30. The van der Waals surface area contributed by atoms with E-state index in [1.807, 2.05) is 0 Å². The van der Waals surface area contributed by atoms with E-state index in [2.05, 4.69) is 10.1 Å². The molecule has 1 saturated heterocycles. The van der Waals surface area contributed by atoms with E-state index in [4.69, 9.17) is 9.47 Å². The highest BCUT2D eigenvalue weighted by atomic mass is 16.6. The van der Waals surface area contributed by atoms with Crippen molar-refractivity contribution in [3.8, 4) is 11.5 Å². The first-order valence-electron chi connectivity index (χ1n) is 8.78. The quantitative estimate of drug-likeness (QED) is 0.440.